The third-order valence-corrected chi connectivity index (χ3v) is 1.47. The van der Waals surface area contributed by atoms with Crippen LogP contribution in [0.15, 0.2) is 0 Å². The summed E-state index contributed by atoms with van der Waals surface area (Å²) in [6, 6.07) is 0. The SMILES string of the molecule is CCOC(=O)[CH]C1CNC1. The van der Waals surface area contributed by atoms with Gasteiger partial charge in [-0.1, -0.05) is 0 Å². The molecule has 57 valence electrons. The Labute approximate surface area is 60.7 Å². The fourth-order valence-corrected chi connectivity index (χ4v) is 0.812. The Bertz CT molecular complexity index is 121. The summed E-state index contributed by atoms with van der Waals surface area (Å²) in [6.07, 6.45) is 1.64. The molecule has 0 aromatic heterocycles. The van der Waals surface area contributed by atoms with Crippen LogP contribution in [0.25, 0.3) is 0 Å². The van der Waals surface area contributed by atoms with E-state index in [2.05, 4.69) is 5.32 Å². The fraction of sp³-hybridized carbons (Fsp3) is 0.714. The van der Waals surface area contributed by atoms with E-state index in [9.17, 15) is 4.79 Å². The third kappa shape index (κ3) is 1.99. The van der Waals surface area contributed by atoms with Gasteiger partial charge in [-0.05, 0) is 12.8 Å². The van der Waals surface area contributed by atoms with E-state index in [-0.39, 0.29) is 5.97 Å². The fourth-order valence-electron chi connectivity index (χ4n) is 0.812. The first-order valence-corrected chi connectivity index (χ1v) is 3.55. The van der Waals surface area contributed by atoms with Gasteiger partial charge in [0, 0.05) is 13.1 Å². The van der Waals surface area contributed by atoms with E-state index in [4.69, 9.17) is 4.74 Å². The number of carbonyl (C=O) groups is 1. The summed E-state index contributed by atoms with van der Waals surface area (Å²) in [5.74, 6) is 0.216. The number of carbonyl (C=O) groups excluding carboxylic acids is 1. The van der Waals surface area contributed by atoms with Gasteiger partial charge in [0.1, 0.15) is 0 Å². The third-order valence-electron chi connectivity index (χ3n) is 1.47. The van der Waals surface area contributed by atoms with E-state index >= 15 is 0 Å². The first-order valence-electron chi connectivity index (χ1n) is 3.55. The van der Waals surface area contributed by atoms with Crippen LogP contribution in [-0.4, -0.2) is 25.7 Å². The Morgan fingerprint density at radius 2 is 2.50 bits per heavy atom. The number of hydrogen-bond acceptors (Lipinski definition) is 3. The molecule has 0 amide bonds. The number of esters is 1. The molecule has 1 heterocycles. The van der Waals surface area contributed by atoms with Crippen molar-refractivity contribution in [1.29, 1.82) is 0 Å². The zero-order chi connectivity index (χ0) is 7.40. The molecule has 0 aliphatic carbocycles. The molecule has 0 saturated carbocycles. The van der Waals surface area contributed by atoms with Crippen molar-refractivity contribution in [2.24, 2.45) is 5.92 Å². The molecule has 1 radical (unpaired) electrons. The molecule has 1 aliphatic heterocycles. The molecule has 0 spiro atoms. The molecular formula is C7H12NO2. The van der Waals surface area contributed by atoms with Crippen LogP contribution in [0.2, 0.25) is 0 Å². The van der Waals surface area contributed by atoms with Crippen LogP contribution in [0.1, 0.15) is 6.92 Å². The van der Waals surface area contributed by atoms with Gasteiger partial charge in [-0.25, -0.2) is 0 Å². The van der Waals surface area contributed by atoms with Gasteiger partial charge in [-0.3, -0.25) is 4.79 Å². The van der Waals surface area contributed by atoms with Crippen molar-refractivity contribution in [1.82, 2.24) is 5.32 Å². The molecule has 1 N–H and O–H groups in total. The average Bonchev–Trinajstić information content (AvgIpc) is 1.80. The lowest BCUT2D eigenvalue weighted by molar-refractivity contribution is -0.139. The molecule has 0 atom stereocenters. The molecule has 3 heteroatoms. The Kier molecular flexibility index (Phi) is 2.68. The first-order chi connectivity index (χ1) is 4.83. The predicted molar refractivity (Wildman–Crippen MR) is 37.3 cm³/mol. The van der Waals surface area contributed by atoms with E-state index in [1.807, 2.05) is 6.92 Å². The van der Waals surface area contributed by atoms with Gasteiger partial charge in [0.15, 0.2) is 0 Å². The van der Waals surface area contributed by atoms with Gasteiger partial charge < -0.3 is 10.1 Å². The first kappa shape index (κ1) is 7.54. The second-order valence-corrected chi connectivity index (χ2v) is 2.34. The molecule has 0 aromatic carbocycles. The van der Waals surface area contributed by atoms with E-state index in [0.29, 0.717) is 12.5 Å². The summed E-state index contributed by atoms with van der Waals surface area (Å²) in [6.45, 7) is 4.11. The summed E-state index contributed by atoms with van der Waals surface area (Å²) in [5, 5.41) is 3.07. The summed E-state index contributed by atoms with van der Waals surface area (Å²) >= 11 is 0. The lowest BCUT2D eigenvalue weighted by Crippen LogP contribution is -2.43. The van der Waals surface area contributed by atoms with Crippen LogP contribution in [-0.2, 0) is 9.53 Å². The molecule has 3 nitrogen and oxygen atoms in total. The van der Waals surface area contributed by atoms with Crippen molar-refractivity contribution in [2.45, 2.75) is 6.92 Å². The molecule has 1 rings (SSSR count). The quantitative estimate of drug-likeness (QED) is 0.562. The average molecular weight is 142 g/mol. The van der Waals surface area contributed by atoms with E-state index < -0.39 is 0 Å². The number of rotatable bonds is 3. The predicted octanol–water partition coefficient (Wildman–Crippen LogP) is -0.0268. The molecule has 0 aromatic rings. The second kappa shape index (κ2) is 3.56. The molecule has 1 fully saturated rings. The van der Waals surface area contributed by atoms with Crippen LogP contribution < -0.4 is 5.32 Å². The van der Waals surface area contributed by atoms with Crippen molar-refractivity contribution in [3.63, 3.8) is 0 Å². The molecule has 10 heavy (non-hydrogen) atoms. The summed E-state index contributed by atoms with van der Waals surface area (Å²) in [4.78, 5) is 10.7. The number of nitrogens with one attached hydrogen (secondary N) is 1. The second-order valence-electron chi connectivity index (χ2n) is 2.34. The van der Waals surface area contributed by atoms with Crippen LogP contribution >= 0.6 is 0 Å². The minimum absolute atomic E-state index is 0.186. The minimum Gasteiger partial charge on any atom is -0.466 e. The number of ether oxygens (including phenoxy) is 1. The molecule has 1 saturated heterocycles. The Hall–Kier alpha value is -0.570. The van der Waals surface area contributed by atoms with Crippen molar-refractivity contribution >= 4 is 5.97 Å². The molecule has 1 aliphatic rings. The lowest BCUT2D eigenvalue weighted by Gasteiger charge is -2.25. The van der Waals surface area contributed by atoms with Crippen molar-refractivity contribution in [3.8, 4) is 0 Å². The van der Waals surface area contributed by atoms with Crippen LogP contribution in [0.5, 0.6) is 0 Å². The maximum absolute atomic E-state index is 10.7. The Balaban J connectivity index is 2.05. The highest BCUT2D eigenvalue weighted by atomic mass is 16.5. The van der Waals surface area contributed by atoms with Crippen molar-refractivity contribution in [2.75, 3.05) is 19.7 Å². The van der Waals surface area contributed by atoms with Crippen molar-refractivity contribution in [3.05, 3.63) is 6.42 Å². The highest BCUT2D eigenvalue weighted by Crippen LogP contribution is 2.07. The van der Waals surface area contributed by atoms with Gasteiger partial charge in [0.05, 0.1) is 13.0 Å². The zero-order valence-corrected chi connectivity index (χ0v) is 6.09. The summed E-state index contributed by atoms with van der Waals surface area (Å²) < 4.78 is 4.73. The van der Waals surface area contributed by atoms with Crippen LogP contribution in [0.4, 0.5) is 0 Å². The lowest BCUT2D eigenvalue weighted by atomic mass is 10.00. The normalized spacial score (nSPS) is 18.1. The van der Waals surface area contributed by atoms with Gasteiger partial charge in [0.25, 0.3) is 0 Å². The van der Waals surface area contributed by atoms with Crippen LogP contribution in [0, 0.1) is 12.3 Å². The van der Waals surface area contributed by atoms with Crippen molar-refractivity contribution < 1.29 is 9.53 Å². The highest BCUT2D eigenvalue weighted by Gasteiger charge is 2.20. The maximum atomic E-state index is 10.7. The molecule has 0 bridgehead atoms. The van der Waals surface area contributed by atoms with Gasteiger partial charge in [-0.2, -0.15) is 0 Å². The number of hydrogen-bond donors (Lipinski definition) is 1. The van der Waals surface area contributed by atoms with Gasteiger partial charge in [0.2, 0.25) is 0 Å². The maximum Gasteiger partial charge on any atom is 0.310 e. The monoisotopic (exact) mass is 142 g/mol. The largest absolute Gasteiger partial charge is 0.466 e. The molecule has 0 unspecified atom stereocenters. The Morgan fingerprint density at radius 3 is 2.90 bits per heavy atom. The molecular weight excluding hydrogens is 130 g/mol. The highest BCUT2D eigenvalue weighted by molar-refractivity contribution is 5.79. The van der Waals surface area contributed by atoms with E-state index in [0.717, 1.165) is 13.1 Å². The van der Waals surface area contributed by atoms with Crippen LogP contribution in [0.3, 0.4) is 0 Å². The van der Waals surface area contributed by atoms with E-state index in [1.165, 1.54) is 0 Å². The Morgan fingerprint density at radius 1 is 1.80 bits per heavy atom. The summed E-state index contributed by atoms with van der Waals surface area (Å²) in [7, 11) is 0. The minimum atomic E-state index is -0.186. The summed E-state index contributed by atoms with van der Waals surface area (Å²) in [5.41, 5.74) is 0. The van der Waals surface area contributed by atoms with Gasteiger partial charge >= 0.3 is 5.97 Å². The standard InChI is InChI=1S/C7H12NO2/c1-2-10-7(9)3-6-4-8-5-6/h3,6,8H,2,4-5H2,1H3. The zero-order valence-electron chi connectivity index (χ0n) is 6.09. The topological polar surface area (TPSA) is 38.3 Å². The van der Waals surface area contributed by atoms with Gasteiger partial charge in [-0.15, -0.1) is 0 Å². The van der Waals surface area contributed by atoms with E-state index in [1.54, 1.807) is 6.42 Å². The smallest absolute Gasteiger partial charge is 0.310 e.